The monoisotopic (exact) mass is 469 g/mol. The van der Waals surface area contributed by atoms with Gasteiger partial charge in [0.05, 0.1) is 5.69 Å². The van der Waals surface area contributed by atoms with Gasteiger partial charge in [-0.05, 0) is 49.8 Å². The summed E-state index contributed by atoms with van der Waals surface area (Å²) >= 11 is 0. The number of carbonyl (C=O) groups excluding carboxylic acids is 4. The zero-order valence-electron chi connectivity index (χ0n) is 19.2. The Labute approximate surface area is 202 Å². The summed E-state index contributed by atoms with van der Waals surface area (Å²) in [5, 5.41) is 4.96. The maximum atomic E-state index is 13.2. The third-order valence-electron chi connectivity index (χ3n) is 5.37. The van der Waals surface area contributed by atoms with E-state index in [1.54, 1.807) is 67.6 Å². The molecule has 0 spiro atoms. The lowest BCUT2D eigenvalue weighted by Crippen LogP contribution is -2.54. The predicted octanol–water partition coefficient (Wildman–Crippen LogP) is 3.99. The van der Waals surface area contributed by atoms with E-state index < -0.39 is 17.8 Å². The van der Waals surface area contributed by atoms with Crippen molar-refractivity contribution in [1.82, 2.24) is 5.32 Å². The van der Waals surface area contributed by atoms with Crippen molar-refractivity contribution in [2.75, 3.05) is 16.8 Å². The first-order valence-corrected chi connectivity index (χ1v) is 10.9. The molecule has 0 unspecified atom stereocenters. The summed E-state index contributed by atoms with van der Waals surface area (Å²) in [5.41, 5.74) is 2.98. The Morgan fingerprint density at radius 1 is 0.943 bits per heavy atom. The van der Waals surface area contributed by atoms with Crippen molar-refractivity contribution >= 4 is 41.2 Å². The largest absolute Gasteiger partial charge is 0.483 e. The lowest BCUT2D eigenvalue weighted by molar-refractivity contribution is -0.122. The molecular formula is C27H23N3O5. The second kappa shape index (κ2) is 10.0. The Hall–Kier alpha value is -4.72. The van der Waals surface area contributed by atoms with Gasteiger partial charge in [0.15, 0.2) is 6.61 Å². The number of aryl methyl sites for hydroxylation is 2. The number of urea groups is 1. The lowest BCUT2D eigenvalue weighted by atomic mass is 10.1. The SMILES string of the molecule is Cc1ccc(NC(=O)COc2ccccc2/C=C2\C(=O)NC(=O)N(c3ccccc3C)C2=O)cc1. The van der Waals surface area contributed by atoms with Gasteiger partial charge in [0.2, 0.25) is 0 Å². The molecule has 0 aliphatic carbocycles. The van der Waals surface area contributed by atoms with E-state index in [4.69, 9.17) is 4.74 Å². The maximum Gasteiger partial charge on any atom is 0.335 e. The van der Waals surface area contributed by atoms with E-state index in [0.29, 0.717) is 28.3 Å². The predicted molar refractivity (Wildman–Crippen MR) is 132 cm³/mol. The molecule has 1 aliphatic heterocycles. The van der Waals surface area contributed by atoms with Crippen LogP contribution >= 0.6 is 0 Å². The number of benzene rings is 3. The molecule has 35 heavy (non-hydrogen) atoms. The molecule has 3 aromatic rings. The Balaban J connectivity index is 1.55. The number of para-hydroxylation sites is 2. The van der Waals surface area contributed by atoms with Gasteiger partial charge in [-0.2, -0.15) is 0 Å². The van der Waals surface area contributed by atoms with Gasteiger partial charge in [-0.25, -0.2) is 9.69 Å². The smallest absolute Gasteiger partial charge is 0.335 e. The van der Waals surface area contributed by atoms with Gasteiger partial charge >= 0.3 is 6.03 Å². The number of imide groups is 2. The van der Waals surface area contributed by atoms with E-state index in [9.17, 15) is 19.2 Å². The summed E-state index contributed by atoms with van der Waals surface area (Å²) in [7, 11) is 0. The summed E-state index contributed by atoms with van der Waals surface area (Å²) in [6.07, 6.45) is 1.35. The second-order valence-corrected chi connectivity index (χ2v) is 7.99. The summed E-state index contributed by atoms with van der Waals surface area (Å²) in [4.78, 5) is 51.4. The summed E-state index contributed by atoms with van der Waals surface area (Å²) in [6.45, 7) is 3.44. The normalized spacial score (nSPS) is 14.6. The Morgan fingerprint density at radius 3 is 2.37 bits per heavy atom. The minimum Gasteiger partial charge on any atom is -0.483 e. The van der Waals surface area contributed by atoms with Crippen LogP contribution in [0.3, 0.4) is 0 Å². The van der Waals surface area contributed by atoms with Crippen LogP contribution in [0.1, 0.15) is 16.7 Å². The van der Waals surface area contributed by atoms with Gasteiger partial charge in [0.1, 0.15) is 11.3 Å². The van der Waals surface area contributed by atoms with Crippen LogP contribution in [0, 0.1) is 13.8 Å². The van der Waals surface area contributed by atoms with Crippen molar-refractivity contribution < 1.29 is 23.9 Å². The quantitative estimate of drug-likeness (QED) is 0.420. The van der Waals surface area contributed by atoms with Crippen molar-refractivity contribution in [2.24, 2.45) is 0 Å². The first-order chi connectivity index (χ1) is 16.8. The number of nitrogens with zero attached hydrogens (tertiary/aromatic N) is 1. The molecule has 8 heteroatoms. The number of anilines is 2. The van der Waals surface area contributed by atoms with Crippen molar-refractivity contribution in [3.8, 4) is 5.75 Å². The highest BCUT2D eigenvalue weighted by Gasteiger charge is 2.37. The number of hydrogen-bond donors (Lipinski definition) is 2. The van der Waals surface area contributed by atoms with E-state index in [1.807, 2.05) is 19.1 Å². The highest BCUT2D eigenvalue weighted by Crippen LogP contribution is 2.27. The Kier molecular flexibility index (Phi) is 6.73. The fraction of sp³-hybridized carbons (Fsp3) is 0.111. The zero-order chi connectivity index (χ0) is 24.9. The van der Waals surface area contributed by atoms with Crippen LogP contribution in [-0.4, -0.2) is 30.4 Å². The molecule has 5 amide bonds. The summed E-state index contributed by atoms with van der Waals surface area (Å²) in [5.74, 6) is -1.62. The number of hydrogen-bond acceptors (Lipinski definition) is 5. The lowest BCUT2D eigenvalue weighted by Gasteiger charge is -2.27. The number of ether oxygens (including phenoxy) is 1. The minimum absolute atomic E-state index is 0.229. The molecule has 176 valence electrons. The van der Waals surface area contributed by atoms with Crippen LogP contribution < -0.4 is 20.3 Å². The second-order valence-electron chi connectivity index (χ2n) is 7.99. The average molecular weight is 469 g/mol. The first-order valence-electron chi connectivity index (χ1n) is 10.9. The first kappa shape index (κ1) is 23.4. The molecule has 0 aromatic heterocycles. The highest BCUT2D eigenvalue weighted by molar-refractivity contribution is 6.39. The number of rotatable bonds is 6. The minimum atomic E-state index is -0.816. The van der Waals surface area contributed by atoms with Gasteiger partial charge in [0, 0.05) is 11.3 Å². The molecule has 2 N–H and O–H groups in total. The average Bonchev–Trinajstić information content (AvgIpc) is 2.83. The van der Waals surface area contributed by atoms with E-state index in [0.717, 1.165) is 10.5 Å². The molecule has 3 aromatic carbocycles. The van der Waals surface area contributed by atoms with Gasteiger partial charge in [0.25, 0.3) is 17.7 Å². The standard InChI is InChI=1S/C27H23N3O5/c1-17-11-13-20(14-12-17)28-24(31)16-35-23-10-6-4-8-19(23)15-21-25(32)29-27(34)30(26(21)33)22-9-5-3-7-18(22)2/h3-15H,16H2,1-2H3,(H,28,31)(H,29,32,34)/b21-15+. The molecule has 4 rings (SSSR count). The van der Waals surface area contributed by atoms with Crippen LogP contribution in [0.25, 0.3) is 6.08 Å². The third kappa shape index (κ3) is 5.27. The fourth-order valence-corrected chi connectivity index (χ4v) is 3.55. The van der Waals surface area contributed by atoms with Crippen molar-refractivity contribution in [1.29, 1.82) is 0 Å². The molecule has 1 fully saturated rings. The van der Waals surface area contributed by atoms with Crippen LogP contribution in [0.15, 0.2) is 78.4 Å². The highest BCUT2D eigenvalue weighted by atomic mass is 16.5. The molecule has 0 saturated carbocycles. The molecule has 1 aliphatic rings. The van der Waals surface area contributed by atoms with Gasteiger partial charge in [-0.15, -0.1) is 0 Å². The van der Waals surface area contributed by atoms with Gasteiger partial charge < -0.3 is 10.1 Å². The summed E-state index contributed by atoms with van der Waals surface area (Å²) in [6, 6.07) is 20.1. The van der Waals surface area contributed by atoms with E-state index in [1.165, 1.54) is 6.08 Å². The Morgan fingerprint density at radius 2 is 1.63 bits per heavy atom. The van der Waals surface area contributed by atoms with Crippen LogP contribution in [0.4, 0.5) is 16.2 Å². The molecule has 1 saturated heterocycles. The summed E-state index contributed by atoms with van der Waals surface area (Å²) < 4.78 is 5.68. The zero-order valence-corrected chi connectivity index (χ0v) is 19.2. The molecule has 0 atom stereocenters. The molecule has 1 heterocycles. The molecule has 0 radical (unpaired) electrons. The number of amides is 5. The number of nitrogens with one attached hydrogen (secondary N) is 2. The number of barbiturate groups is 1. The van der Waals surface area contributed by atoms with Crippen molar-refractivity contribution in [3.05, 3.63) is 95.1 Å². The van der Waals surface area contributed by atoms with Crippen molar-refractivity contribution in [2.45, 2.75) is 13.8 Å². The number of carbonyl (C=O) groups is 4. The molecule has 8 nitrogen and oxygen atoms in total. The maximum absolute atomic E-state index is 13.2. The van der Waals surface area contributed by atoms with Crippen molar-refractivity contribution in [3.63, 3.8) is 0 Å². The van der Waals surface area contributed by atoms with Crippen LogP contribution in [0.5, 0.6) is 5.75 Å². The topological polar surface area (TPSA) is 105 Å². The van der Waals surface area contributed by atoms with E-state index in [2.05, 4.69) is 10.6 Å². The van der Waals surface area contributed by atoms with Crippen LogP contribution in [0.2, 0.25) is 0 Å². The van der Waals surface area contributed by atoms with E-state index >= 15 is 0 Å². The Bertz CT molecular complexity index is 1340. The van der Waals surface area contributed by atoms with Gasteiger partial charge in [-0.1, -0.05) is 54.1 Å². The fourth-order valence-electron chi connectivity index (χ4n) is 3.55. The van der Waals surface area contributed by atoms with E-state index in [-0.39, 0.29) is 18.1 Å². The van der Waals surface area contributed by atoms with Crippen LogP contribution in [-0.2, 0) is 14.4 Å². The third-order valence-corrected chi connectivity index (χ3v) is 5.37. The molecule has 0 bridgehead atoms. The van der Waals surface area contributed by atoms with Gasteiger partial charge in [-0.3, -0.25) is 19.7 Å². The molecular weight excluding hydrogens is 446 g/mol.